The summed E-state index contributed by atoms with van der Waals surface area (Å²) in [4.78, 5) is 2.11. The molecule has 0 aliphatic carbocycles. The van der Waals surface area contributed by atoms with Crippen LogP contribution < -0.4 is 26.4 Å². The van der Waals surface area contributed by atoms with Crippen molar-refractivity contribution in [3.63, 3.8) is 0 Å². The Morgan fingerprint density at radius 2 is 1.75 bits per heavy atom. The minimum atomic E-state index is 0. The van der Waals surface area contributed by atoms with E-state index in [0.29, 0.717) is 0 Å². The van der Waals surface area contributed by atoms with Crippen molar-refractivity contribution in [2.45, 2.75) is 6.54 Å². The molecule has 0 bridgehead atoms. The van der Waals surface area contributed by atoms with Gasteiger partial charge in [-0.2, -0.15) is 4.57 Å². The predicted octanol–water partition coefficient (Wildman–Crippen LogP) is 1.62. The van der Waals surface area contributed by atoms with Crippen LogP contribution in [0.5, 0.6) is 0 Å². The van der Waals surface area contributed by atoms with Crippen LogP contribution >= 0.6 is 11.3 Å². The molecule has 124 valence electrons. The Morgan fingerprint density at radius 1 is 1.04 bits per heavy atom. The maximum Gasteiger partial charge on any atom is 0.263 e. The fourth-order valence-corrected chi connectivity index (χ4v) is 3.62. The molecule has 24 heavy (non-hydrogen) atoms. The molecule has 0 saturated heterocycles. The van der Waals surface area contributed by atoms with Gasteiger partial charge < -0.3 is 21.9 Å². The van der Waals surface area contributed by atoms with Crippen molar-refractivity contribution in [3.05, 3.63) is 71.8 Å². The maximum absolute atomic E-state index is 3.88. The van der Waals surface area contributed by atoms with Crippen molar-refractivity contribution in [3.8, 4) is 0 Å². The van der Waals surface area contributed by atoms with Crippen LogP contribution in [0.25, 0.3) is 22.4 Å². The van der Waals surface area contributed by atoms with Crippen LogP contribution in [0.4, 0.5) is 5.69 Å². The third kappa shape index (κ3) is 3.94. The van der Waals surface area contributed by atoms with Crippen molar-refractivity contribution >= 4 is 39.4 Å². The molecule has 1 aromatic heterocycles. The SMILES string of the molecule is C=CC[n+]1c(/C=C/c2ccc(N(C)C)cc2)sc2ccccc21.[Br-]. The van der Waals surface area contributed by atoms with Gasteiger partial charge in [0.15, 0.2) is 6.54 Å². The highest BCUT2D eigenvalue weighted by molar-refractivity contribution is 7.18. The zero-order valence-corrected chi connectivity index (χ0v) is 16.3. The second kappa shape index (κ2) is 8.27. The highest BCUT2D eigenvalue weighted by Crippen LogP contribution is 2.22. The molecule has 2 nitrogen and oxygen atoms in total. The average Bonchev–Trinajstić information content (AvgIpc) is 2.92. The number of nitrogens with zero attached hydrogens (tertiary/aromatic N) is 2. The van der Waals surface area contributed by atoms with E-state index in [4.69, 9.17) is 0 Å². The lowest BCUT2D eigenvalue weighted by molar-refractivity contribution is -0.658. The van der Waals surface area contributed by atoms with Gasteiger partial charge in [-0.05, 0) is 35.9 Å². The lowest BCUT2D eigenvalue weighted by Gasteiger charge is -2.11. The highest BCUT2D eigenvalue weighted by Gasteiger charge is 2.16. The summed E-state index contributed by atoms with van der Waals surface area (Å²) in [5, 5.41) is 1.24. The van der Waals surface area contributed by atoms with E-state index in [2.05, 4.69) is 90.8 Å². The Kier molecular flexibility index (Phi) is 6.35. The van der Waals surface area contributed by atoms with Crippen molar-refractivity contribution in [2.75, 3.05) is 19.0 Å². The normalized spacial score (nSPS) is 10.8. The molecule has 1 heterocycles. The minimum Gasteiger partial charge on any atom is -1.00 e. The van der Waals surface area contributed by atoms with Crippen LogP contribution in [0.1, 0.15) is 10.6 Å². The Morgan fingerprint density at radius 3 is 2.42 bits per heavy atom. The number of thiazole rings is 1. The zero-order valence-electron chi connectivity index (χ0n) is 13.9. The van der Waals surface area contributed by atoms with Crippen LogP contribution in [0, 0.1) is 0 Å². The number of allylic oxidation sites excluding steroid dienone is 1. The van der Waals surface area contributed by atoms with E-state index < -0.39 is 0 Å². The molecule has 0 unspecified atom stereocenters. The number of hydrogen-bond donors (Lipinski definition) is 0. The second-order valence-corrected chi connectivity index (χ2v) is 6.69. The molecule has 4 heteroatoms. The summed E-state index contributed by atoms with van der Waals surface area (Å²) in [6.07, 6.45) is 6.31. The van der Waals surface area contributed by atoms with Crippen molar-refractivity contribution in [1.29, 1.82) is 0 Å². The van der Waals surface area contributed by atoms with Gasteiger partial charge in [0.2, 0.25) is 5.52 Å². The van der Waals surface area contributed by atoms with E-state index in [-0.39, 0.29) is 17.0 Å². The van der Waals surface area contributed by atoms with Crippen LogP contribution in [0.3, 0.4) is 0 Å². The van der Waals surface area contributed by atoms with Crippen molar-refractivity contribution in [2.24, 2.45) is 0 Å². The van der Waals surface area contributed by atoms with Gasteiger partial charge in [-0.1, -0.05) is 42.2 Å². The molecule has 0 saturated carbocycles. The van der Waals surface area contributed by atoms with Gasteiger partial charge in [-0.15, -0.1) is 0 Å². The average molecular weight is 401 g/mol. The second-order valence-electron chi connectivity index (χ2n) is 5.63. The quantitative estimate of drug-likeness (QED) is 0.466. The summed E-state index contributed by atoms with van der Waals surface area (Å²) < 4.78 is 3.61. The summed E-state index contributed by atoms with van der Waals surface area (Å²) in [7, 11) is 4.11. The first-order valence-electron chi connectivity index (χ1n) is 7.67. The van der Waals surface area contributed by atoms with Gasteiger partial charge in [-0.25, -0.2) is 0 Å². The van der Waals surface area contributed by atoms with E-state index in [1.165, 1.54) is 26.5 Å². The van der Waals surface area contributed by atoms with Gasteiger partial charge >= 0.3 is 0 Å². The minimum absolute atomic E-state index is 0. The monoisotopic (exact) mass is 400 g/mol. The van der Waals surface area contributed by atoms with E-state index in [1.807, 2.05) is 17.4 Å². The van der Waals surface area contributed by atoms with Crippen LogP contribution in [0.2, 0.25) is 0 Å². The van der Waals surface area contributed by atoms with Crippen molar-refractivity contribution < 1.29 is 21.5 Å². The summed E-state index contributed by atoms with van der Waals surface area (Å²) in [5.41, 5.74) is 3.68. The molecule has 0 aliphatic rings. The number of anilines is 1. The Hall–Kier alpha value is -1.91. The van der Waals surface area contributed by atoms with Gasteiger partial charge in [0.05, 0.1) is 0 Å². The first-order valence-corrected chi connectivity index (χ1v) is 8.48. The van der Waals surface area contributed by atoms with E-state index in [9.17, 15) is 0 Å². The standard InChI is InChI=1S/C20H21N2S.BrH/c1-4-15-22-18-7-5-6-8-19(18)23-20(22)14-11-16-9-12-17(13-10-16)21(2)3;/h4-14H,1,15H2,2-3H3;1H/q+1;/p-1. The number of para-hydroxylation sites is 1. The van der Waals surface area contributed by atoms with Gasteiger partial charge in [0.1, 0.15) is 4.70 Å². The van der Waals surface area contributed by atoms with Crippen LogP contribution in [-0.2, 0) is 6.54 Å². The largest absolute Gasteiger partial charge is 1.00 e. The van der Waals surface area contributed by atoms with Crippen molar-refractivity contribution in [1.82, 2.24) is 0 Å². The first kappa shape index (κ1) is 18.4. The Balaban J connectivity index is 0.00000208. The molecule has 3 rings (SSSR count). The topological polar surface area (TPSA) is 7.12 Å². The molecule has 3 aromatic rings. The number of benzene rings is 2. The summed E-state index contributed by atoms with van der Waals surface area (Å²) in [6, 6.07) is 17.1. The molecule has 0 aliphatic heterocycles. The number of hydrogen-bond acceptors (Lipinski definition) is 2. The van der Waals surface area contributed by atoms with E-state index in [1.54, 1.807) is 0 Å². The number of rotatable bonds is 5. The molecule has 0 amide bonds. The maximum atomic E-state index is 3.88. The lowest BCUT2D eigenvalue weighted by Crippen LogP contribution is -3.00. The van der Waals surface area contributed by atoms with Gasteiger partial charge in [-0.3, -0.25) is 0 Å². The van der Waals surface area contributed by atoms with Gasteiger partial charge in [0, 0.05) is 31.9 Å². The fourth-order valence-electron chi connectivity index (χ4n) is 2.55. The molecule has 2 aromatic carbocycles. The predicted molar refractivity (Wildman–Crippen MR) is 102 cm³/mol. The zero-order chi connectivity index (χ0) is 16.2. The summed E-state index contributed by atoms with van der Waals surface area (Å²) >= 11 is 1.81. The molecule has 0 radical (unpaired) electrons. The molecule has 0 N–H and O–H groups in total. The van der Waals surface area contributed by atoms with Crippen LogP contribution in [-0.4, -0.2) is 14.1 Å². The lowest BCUT2D eigenvalue weighted by atomic mass is 10.2. The van der Waals surface area contributed by atoms with Gasteiger partial charge in [0.25, 0.3) is 5.01 Å². The molecule has 0 fully saturated rings. The first-order chi connectivity index (χ1) is 11.2. The molecular formula is C20H21BrN2S. The third-order valence-electron chi connectivity index (χ3n) is 3.78. The summed E-state index contributed by atoms with van der Waals surface area (Å²) in [5.74, 6) is 0. The third-order valence-corrected chi connectivity index (χ3v) is 4.91. The van der Waals surface area contributed by atoms with E-state index >= 15 is 0 Å². The fraction of sp³-hybridized carbons (Fsp3) is 0.150. The van der Waals surface area contributed by atoms with E-state index in [0.717, 1.165) is 6.54 Å². The highest BCUT2D eigenvalue weighted by atomic mass is 79.9. The number of halogens is 1. The number of fused-ring (bicyclic) bond motifs is 1. The molecular weight excluding hydrogens is 380 g/mol. The molecule has 0 atom stereocenters. The van der Waals surface area contributed by atoms with Crippen LogP contribution in [0.15, 0.2) is 61.2 Å². The Bertz CT molecular complexity index is 848. The smallest absolute Gasteiger partial charge is 0.263 e. The molecule has 0 spiro atoms. The number of aromatic nitrogens is 1. The summed E-state index contributed by atoms with van der Waals surface area (Å²) in [6.45, 7) is 4.71. The Labute approximate surface area is 158 Å².